The van der Waals surface area contributed by atoms with Gasteiger partial charge in [0, 0.05) is 30.6 Å². The Morgan fingerprint density at radius 1 is 1.42 bits per heavy atom. The number of likely N-dealkylation sites (tertiary alicyclic amines) is 1. The normalized spacial score (nSPS) is 25.2. The first-order chi connectivity index (χ1) is 8.97. The highest BCUT2D eigenvalue weighted by molar-refractivity contribution is 5.94. The van der Waals surface area contributed by atoms with Crippen LogP contribution in [-0.4, -0.2) is 41.1 Å². The van der Waals surface area contributed by atoms with Gasteiger partial charge in [0.25, 0.3) is 5.91 Å². The Morgan fingerprint density at radius 3 is 2.63 bits per heavy atom. The lowest BCUT2D eigenvalue weighted by Gasteiger charge is -2.37. The number of hydrogen-bond donors (Lipinski definition) is 2. The van der Waals surface area contributed by atoms with Crippen LogP contribution >= 0.6 is 0 Å². The number of carbonyl (C=O) groups excluding carboxylic acids is 1. The van der Waals surface area contributed by atoms with Crippen LogP contribution < -0.4 is 5.73 Å². The van der Waals surface area contributed by atoms with E-state index >= 15 is 0 Å². The lowest BCUT2D eigenvalue weighted by molar-refractivity contribution is 0.0418. The smallest absolute Gasteiger partial charge is 0.253 e. The number of amides is 1. The summed E-state index contributed by atoms with van der Waals surface area (Å²) < 4.78 is 12.8. The van der Waals surface area contributed by atoms with Gasteiger partial charge in [-0.25, -0.2) is 4.39 Å². The zero-order chi connectivity index (χ0) is 14.0. The lowest BCUT2D eigenvalue weighted by Crippen LogP contribution is -2.51. The highest BCUT2D eigenvalue weighted by Crippen LogP contribution is 2.21. The minimum absolute atomic E-state index is 0.00634. The van der Waals surface area contributed by atoms with Crippen molar-refractivity contribution in [3.8, 4) is 0 Å². The molecule has 0 saturated carbocycles. The molecule has 2 rings (SSSR count). The molecule has 1 aliphatic rings. The first-order valence-corrected chi connectivity index (χ1v) is 6.46. The van der Waals surface area contributed by atoms with Gasteiger partial charge in [-0.05, 0) is 37.6 Å². The van der Waals surface area contributed by atoms with Crippen molar-refractivity contribution >= 4 is 5.91 Å². The third-order valence-electron chi connectivity index (χ3n) is 3.58. The number of aliphatic hydroxyl groups is 1. The van der Waals surface area contributed by atoms with E-state index in [0.717, 1.165) is 0 Å². The second-order valence-corrected chi connectivity index (χ2v) is 5.21. The van der Waals surface area contributed by atoms with Crippen LogP contribution in [0.3, 0.4) is 0 Å². The summed E-state index contributed by atoms with van der Waals surface area (Å²) in [5.74, 6) is -0.539. The molecule has 0 spiro atoms. The predicted octanol–water partition coefficient (Wildman–Crippen LogP) is 0.996. The van der Waals surface area contributed by atoms with Gasteiger partial charge < -0.3 is 15.7 Å². The van der Waals surface area contributed by atoms with E-state index in [9.17, 15) is 14.3 Å². The third-order valence-corrected chi connectivity index (χ3v) is 3.58. The molecule has 104 valence electrons. The van der Waals surface area contributed by atoms with Gasteiger partial charge in [0.2, 0.25) is 0 Å². The largest absolute Gasteiger partial charge is 0.393 e. The van der Waals surface area contributed by atoms with Crippen molar-refractivity contribution in [1.29, 1.82) is 0 Å². The average Bonchev–Trinajstić information content (AvgIpc) is 2.38. The van der Waals surface area contributed by atoms with Crippen LogP contribution in [0, 0.1) is 11.7 Å². The van der Waals surface area contributed by atoms with Crippen LogP contribution in [-0.2, 0) is 0 Å². The molecule has 3 unspecified atom stereocenters. The Balaban J connectivity index is 2.11. The van der Waals surface area contributed by atoms with E-state index in [1.54, 1.807) is 11.8 Å². The van der Waals surface area contributed by atoms with E-state index in [0.29, 0.717) is 25.1 Å². The van der Waals surface area contributed by atoms with Crippen molar-refractivity contribution in [3.05, 3.63) is 35.6 Å². The molecule has 0 bridgehead atoms. The summed E-state index contributed by atoms with van der Waals surface area (Å²) in [6, 6.07) is 5.34. The van der Waals surface area contributed by atoms with Crippen molar-refractivity contribution in [2.45, 2.75) is 25.5 Å². The van der Waals surface area contributed by atoms with Gasteiger partial charge in [0.1, 0.15) is 5.82 Å². The number of piperidine rings is 1. The number of hydrogen-bond acceptors (Lipinski definition) is 3. The maximum Gasteiger partial charge on any atom is 0.253 e. The fraction of sp³-hybridized carbons (Fsp3) is 0.500. The molecule has 3 atom stereocenters. The molecule has 1 heterocycles. The monoisotopic (exact) mass is 266 g/mol. The molecule has 0 aliphatic carbocycles. The van der Waals surface area contributed by atoms with Gasteiger partial charge in [-0.1, -0.05) is 0 Å². The zero-order valence-electron chi connectivity index (χ0n) is 10.9. The number of aliphatic hydroxyl groups excluding tert-OH is 1. The lowest BCUT2D eigenvalue weighted by atomic mass is 9.90. The van der Waals surface area contributed by atoms with Gasteiger partial charge in [0.15, 0.2) is 0 Å². The summed E-state index contributed by atoms with van der Waals surface area (Å²) in [7, 11) is 0. The topological polar surface area (TPSA) is 66.6 Å². The molecule has 4 nitrogen and oxygen atoms in total. The van der Waals surface area contributed by atoms with Gasteiger partial charge in [0.05, 0.1) is 6.10 Å². The fourth-order valence-corrected chi connectivity index (χ4v) is 2.47. The van der Waals surface area contributed by atoms with Crippen LogP contribution in [0.25, 0.3) is 0 Å². The average molecular weight is 266 g/mol. The molecule has 0 radical (unpaired) electrons. The van der Waals surface area contributed by atoms with Gasteiger partial charge in [-0.2, -0.15) is 0 Å². The summed E-state index contributed by atoms with van der Waals surface area (Å²) in [4.78, 5) is 13.9. The number of halogens is 1. The second kappa shape index (κ2) is 5.67. The molecule has 1 saturated heterocycles. The van der Waals surface area contributed by atoms with Crippen LogP contribution in [0.15, 0.2) is 24.3 Å². The molecular weight excluding hydrogens is 247 g/mol. The molecule has 19 heavy (non-hydrogen) atoms. The molecule has 1 fully saturated rings. The SMILES string of the molecule is CC(O)C1CC(N)CN(C(=O)c2ccc(F)cc2)C1. The van der Waals surface area contributed by atoms with E-state index in [4.69, 9.17) is 5.73 Å². The summed E-state index contributed by atoms with van der Waals surface area (Å²) in [5.41, 5.74) is 6.37. The Bertz CT molecular complexity index is 447. The van der Waals surface area contributed by atoms with Crippen LogP contribution in [0.5, 0.6) is 0 Å². The van der Waals surface area contributed by atoms with E-state index in [-0.39, 0.29) is 23.7 Å². The van der Waals surface area contributed by atoms with E-state index in [2.05, 4.69) is 0 Å². The Labute approximate surface area is 112 Å². The molecule has 3 N–H and O–H groups in total. The Morgan fingerprint density at radius 2 is 2.05 bits per heavy atom. The Hall–Kier alpha value is -1.46. The van der Waals surface area contributed by atoms with Crippen molar-refractivity contribution in [3.63, 3.8) is 0 Å². The summed E-state index contributed by atoms with van der Waals surface area (Å²) in [5, 5.41) is 9.66. The van der Waals surface area contributed by atoms with Crippen LogP contribution in [0.2, 0.25) is 0 Å². The number of rotatable bonds is 2. The molecule has 1 aromatic rings. The molecule has 5 heteroatoms. The van der Waals surface area contributed by atoms with Crippen molar-refractivity contribution in [2.24, 2.45) is 11.7 Å². The number of nitrogens with zero attached hydrogens (tertiary/aromatic N) is 1. The van der Waals surface area contributed by atoms with E-state index in [1.165, 1.54) is 24.3 Å². The molecule has 1 aliphatic heterocycles. The quantitative estimate of drug-likeness (QED) is 0.839. The highest BCUT2D eigenvalue weighted by atomic mass is 19.1. The molecule has 1 amide bonds. The Kier molecular flexibility index (Phi) is 4.17. The van der Waals surface area contributed by atoms with Gasteiger partial charge in [-0.15, -0.1) is 0 Å². The van der Waals surface area contributed by atoms with E-state index in [1.807, 2.05) is 0 Å². The third kappa shape index (κ3) is 3.30. The van der Waals surface area contributed by atoms with Crippen LogP contribution in [0.4, 0.5) is 4.39 Å². The maximum atomic E-state index is 12.8. The molecule has 1 aromatic carbocycles. The second-order valence-electron chi connectivity index (χ2n) is 5.21. The minimum atomic E-state index is -0.491. The van der Waals surface area contributed by atoms with Crippen LogP contribution in [0.1, 0.15) is 23.7 Å². The first kappa shape index (κ1) is 14.0. The summed E-state index contributed by atoms with van der Waals surface area (Å²) >= 11 is 0. The zero-order valence-corrected chi connectivity index (χ0v) is 10.9. The van der Waals surface area contributed by atoms with Crippen molar-refractivity contribution < 1.29 is 14.3 Å². The van der Waals surface area contributed by atoms with E-state index < -0.39 is 6.10 Å². The highest BCUT2D eigenvalue weighted by Gasteiger charge is 2.30. The van der Waals surface area contributed by atoms with Crippen molar-refractivity contribution in [2.75, 3.05) is 13.1 Å². The van der Waals surface area contributed by atoms with Gasteiger partial charge in [-0.3, -0.25) is 4.79 Å². The summed E-state index contributed by atoms with van der Waals surface area (Å²) in [6.07, 6.45) is 0.222. The summed E-state index contributed by atoms with van der Waals surface area (Å²) in [6.45, 7) is 2.67. The number of benzene rings is 1. The van der Waals surface area contributed by atoms with Gasteiger partial charge >= 0.3 is 0 Å². The minimum Gasteiger partial charge on any atom is -0.393 e. The number of nitrogens with two attached hydrogens (primary N) is 1. The standard InChI is InChI=1S/C14H19FN2O2/c1-9(18)11-6-13(16)8-17(7-11)14(19)10-2-4-12(15)5-3-10/h2-5,9,11,13,18H,6-8,16H2,1H3. The first-order valence-electron chi connectivity index (χ1n) is 6.46. The molecule has 0 aromatic heterocycles. The molecular formula is C14H19FN2O2. The maximum absolute atomic E-state index is 12.8. The fourth-order valence-electron chi connectivity index (χ4n) is 2.47. The van der Waals surface area contributed by atoms with Crippen molar-refractivity contribution in [1.82, 2.24) is 4.90 Å². The predicted molar refractivity (Wildman–Crippen MR) is 70.1 cm³/mol. The number of carbonyl (C=O) groups is 1.